The van der Waals surface area contributed by atoms with Crippen LogP contribution in [0.4, 0.5) is 4.39 Å². The van der Waals surface area contributed by atoms with Gasteiger partial charge in [0, 0.05) is 6.42 Å². The molecule has 0 aliphatic heterocycles. The van der Waals surface area contributed by atoms with Gasteiger partial charge >= 0.3 is 0 Å². The SMILES string of the molecule is CC#CCC(N)c1ccc(F)cn1. The molecule has 0 saturated heterocycles. The molecule has 0 fully saturated rings. The minimum Gasteiger partial charge on any atom is -0.322 e. The molecular weight excluding hydrogens is 167 g/mol. The highest BCUT2D eigenvalue weighted by atomic mass is 19.1. The lowest BCUT2D eigenvalue weighted by Gasteiger charge is -2.05. The second-order valence-electron chi connectivity index (χ2n) is 2.64. The van der Waals surface area contributed by atoms with Crippen molar-refractivity contribution < 1.29 is 4.39 Å². The van der Waals surface area contributed by atoms with Crippen molar-refractivity contribution in [1.29, 1.82) is 0 Å². The zero-order chi connectivity index (χ0) is 9.68. The first-order valence-corrected chi connectivity index (χ1v) is 4.00. The monoisotopic (exact) mass is 178 g/mol. The smallest absolute Gasteiger partial charge is 0.141 e. The van der Waals surface area contributed by atoms with Gasteiger partial charge < -0.3 is 5.73 Å². The molecule has 2 nitrogen and oxygen atoms in total. The summed E-state index contributed by atoms with van der Waals surface area (Å²) in [6.07, 6.45) is 1.71. The maximum atomic E-state index is 12.5. The fraction of sp³-hybridized carbons (Fsp3) is 0.300. The number of halogens is 1. The highest BCUT2D eigenvalue weighted by Crippen LogP contribution is 2.10. The predicted molar refractivity (Wildman–Crippen MR) is 49.2 cm³/mol. The summed E-state index contributed by atoms with van der Waals surface area (Å²) in [5.41, 5.74) is 6.41. The quantitative estimate of drug-likeness (QED) is 0.699. The van der Waals surface area contributed by atoms with E-state index in [1.54, 1.807) is 13.0 Å². The zero-order valence-corrected chi connectivity index (χ0v) is 7.42. The molecule has 68 valence electrons. The molecule has 1 rings (SSSR count). The number of nitrogens with two attached hydrogens (primary N) is 1. The summed E-state index contributed by atoms with van der Waals surface area (Å²) in [5, 5.41) is 0. The fourth-order valence-electron chi connectivity index (χ4n) is 0.923. The molecule has 1 aromatic rings. The summed E-state index contributed by atoms with van der Waals surface area (Å²) >= 11 is 0. The van der Waals surface area contributed by atoms with Gasteiger partial charge in [0.1, 0.15) is 5.82 Å². The van der Waals surface area contributed by atoms with Crippen molar-refractivity contribution in [2.75, 3.05) is 0 Å². The first kappa shape index (κ1) is 9.69. The number of aromatic nitrogens is 1. The van der Waals surface area contributed by atoms with Gasteiger partial charge in [-0.2, -0.15) is 0 Å². The van der Waals surface area contributed by atoms with E-state index < -0.39 is 0 Å². The third-order valence-corrected chi connectivity index (χ3v) is 1.63. The molecule has 1 atom stereocenters. The van der Waals surface area contributed by atoms with Crippen molar-refractivity contribution in [3.63, 3.8) is 0 Å². The Morgan fingerprint density at radius 3 is 2.92 bits per heavy atom. The maximum absolute atomic E-state index is 12.5. The van der Waals surface area contributed by atoms with Crippen LogP contribution in [0.5, 0.6) is 0 Å². The molecule has 0 bridgehead atoms. The standard InChI is InChI=1S/C10H11FN2/c1-2-3-4-9(12)10-6-5-8(11)7-13-10/h5-7,9H,4,12H2,1H3. The van der Waals surface area contributed by atoms with Crippen molar-refractivity contribution >= 4 is 0 Å². The molecule has 0 aromatic carbocycles. The number of nitrogens with zero attached hydrogens (tertiary/aromatic N) is 1. The highest BCUT2D eigenvalue weighted by Gasteiger charge is 2.04. The minimum atomic E-state index is -0.350. The number of hydrogen-bond donors (Lipinski definition) is 1. The van der Waals surface area contributed by atoms with E-state index in [4.69, 9.17) is 5.73 Å². The van der Waals surface area contributed by atoms with Gasteiger partial charge in [-0.1, -0.05) is 0 Å². The molecule has 0 spiro atoms. The molecule has 2 N–H and O–H groups in total. The van der Waals surface area contributed by atoms with Crippen LogP contribution in [0.15, 0.2) is 18.3 Å². The van der Waals surface area contributed by atoms with Crippen molar-refractivity contribution in [3.8, 4) is 11.8 Å². The van der Waals surface area contributed by atoms with Gasteiger partial charge in [-0.3, -0.25) is 4.98 Å². The van der Waals surface area contributed by atoms with E-state index in [1.165, 1.54) is 6.07 Å². The van der Waals surface area contributed by atoms with Crippen LogP contribution in [0.25, 0.3) is 0 Å². The van der Waals surface area contributed by atoms with E-state index in [-0.39, 0.29) is 11.9 Å². The molecule has 0 amide bonds. The van der Waals surface area contributed by atoms with Gasteiger partial charge in [0.2, 0.25) is 0 Å². The first-order valence-electron chi connectivity index (χ1n) is 4.00. The predicted octanol–water partition coefficient (Wildman–Crippen LogP) is 1.63. The summed E-state index contributed by atoms with van der Waals surface area (Å²) in [4.78, 5) is 3.86. The molecular formula is C10H11FN2. The summed E-state index contributed by atoms with van der Waals surface area (Å²) < 4.78 is 12.5. The topological polar surface area (TPSA) is 38.9 Å². The van der Waals surface area contributed by atoms with Crippen LogP contribution in [-0.2, 0) is 0 Å². The largest absolute Gasteiger partial charge is 0.322 e. The lowest BCUT2D eigenvalue weighted by molar-refractivity contribution is 0.614. The van der Waals surface area contributed by atoms with Gasteiger partial charge in [0.25, 0.3) is 0 Å². The molecule has 1 heterocycles. The summed E-state index contributed by atoms with van der Waals surface area (Å²) in [5.74, 6) is 5.25. The number of pyridine rings is 1. The molecule has 3 heteroatoms. The van der Waals surface area contributed by atoms with Crippen molar-refractivity contribution in [3.05, 3.63) is 29.8 Å². The lowest BCUT2D eigenvalue weighted by atomic mass is 10.1. The summed E-state index contributed by atoms with van der Waals surface area (Å²) in [6, 6.07) is 2.70. The Hall–Kier alpha value is -1.40. The summed E-state index contributed by atoms with van der Waals surface area (Å²) in [7, 11) is 0. The molecule has 0 saturated carbocycles. The van der Waals surface area contributed by atoms with Gasteiger partial charge in [0.05, 0.1) is 17.9 Å². The normalized spacial score (nSPS) is 11.6. The van der Waals surface area contributed by atoms with E-state index in [2.05, 4.69) is 16.8 Å². The summed E-state index contributed by atoms with van der Waals surface area (Å²) in [6.45, 7) is 1.75. The van der Waals surface area contributed by atoms with E-state index in [9.17, 15) is 4.39 Å². The van der Waals surface area contributed by atoms with Crippen LogP contribution in [0, 0.1) is 17.7 Å². The van der Waals surface area contributed by atoms with E-state index in [0.717, 1.165) is 6.20 Å². The first-order chi connectivity index (χ1) is 6.24. The van der Waals surface area contributed by atoms with E-state index in [0.29, 0.717) is 12.1 Å². The molecule has 0 radical (unpaired) electrons. The van der Waals surface area contributed by atoms with Crippen molar-refractivity contribution in [1.82, 2.24) is 4.98 Å². The van der Waals surface area contributed by atoms with Crippen LogP contribution in [0.1, 0.15) is 25.1 Å². The van der Waals surface area contributed by atoms with Crippen LogP contribution < -0.4 is 5.73 Å². The molecule has 0 aliphatic carbocycles. The van der Waals surface area contributed by atoms with Gasteiger partial charge in [-0.15, -0.1) is 11.8 Å². The molecule has 1 aromatic heterocycles. The van der Waals surface area contributed by atoms with Gasteiger partial charge in [-0.05, 0) is 19.1 Å². The average molecular weight is 178 g/mol. The highest BCUT2D eigenvalue weighted by molar-refractivity contribution is 5.12. The second kappa shape index (κ2) is 4.58. The van der Waals surface area contributed by atoms with Crippen LogP contribution in [0.2, 0.25) is 0 Å². The van der Waals surface area contributed by atoms with E-state index >= 15 is 0 Å². The van der Waals surface area contributed by atoms with Crippen LogP contribution >= 0.6 is 0 Å². The molecule has 13 heavy (non-hydrogen) atoms. The van der Waals surface area contributed by atoms with Crippen LogP contribution in [-0.4, -0.2) is 4.98 Å². The molecule has 0 aliphatic rings. The van der Waals surface area contributed by atoms with E-state index in [1.807, 2.05) is 0 Å². The third kappa shape index (κ3) is 2.85. The number of rotatable bonds is 2. The fourth-order valence-corrected chi connectivity index (χ4v) is 0.923. The Labute approximate surface area is 77.0 Å². The minimum absolute atomic E-state index is 0.229. The number of hydrogen-bond acceptors (Lipinski definition) is 2. The second-order valence-corrected chi connectivity index (χ2v) is 2.64. The van der Waals surface area contributed by atoms with Crippen LogP contribution in [0.3, 0.4) is 0 Å². The average Bonchev–Trinajstić information content (AvgIpc) is 2.15. The zero-order valence-electron chi connectivity index (χ0n) is 7.42. The Morgan fingerprint density at radius 2 is 2.38 bits per heavy atom. The molecule has 1 unspecified atom stereocenters. The Morgan fingerprint density at radius 1 is 1.62 bits per heavy atom. The maximum Gasteiger partial charge on any atom is 0.141 e. The van der Waals surface area contributed by atoms with Gasteiger partial charge in [0.15, 0.2) is 0 Å². The Kier molecular flexibility index (Phi) is 3.41. The van der Waals surface area contributed by atoms with Gasteiger partial charge in [-0.25, -0.2) is 4.39 Å². The van der Waals surface area contributed by atoms with Crippen molar-refractivity contribution in [2.24, 2.45) is 5.73 Å². The third-order valence-electron chi connectivity index (χ3n) is 1.63. The Bertz CT molecular complexity index is 321. The lowest BCUT2D eigenvalue weighted by Crippen LogP contribution is -2.11. The Balaban J connectivity index is 2.69. The van der Waals surface area contributed by atoms with Crippen molar-refractivity contribution in [2.45, 2.75) is 19.4 Å².